The summed E-state index contributed by atoms with van der Waals surface area (Å²) in [5, 5.41) is 0.754. The monoisotopic (exact) mass is 282 g/mol. The quantitative estimate of drug-likeness (QED) is 0.693. The standard InChI is InChI=1S/C11H11BrN2O2/c1-16-9(15)4-7-2-3-8(5-12)11-10(7)13-6-14-11/h2-3,6H,4-5H2,1H3,(H,13,14). The number of halogens is 1. The molecule has 1 aromatic heterocycles. The number of hydrogen-bond acceptors (Lipinski definition) is 3. The van der Waals surface area contributed by atoms with Gasteiger partial charge in [0.1, 0.15) is 0 Å². The van der Waals surface area contributed by atoms with Crippen LogP contribution < -0.4 is 0 Å². The molecule has 84 valence electrons. The fourth-order valence-electron chi connectivity index (χ4n) is 1.63. The van der Waals surface area contributed by atoms with Gasteiger partial charge in [0.15, 0.2) is 0 Å². The van der Waals surface area contributed by atoms with Crippen molar-refractivity contribution in [3.8, 4) is 0 Å². The number of H-pyrrole nitrogens is 1. The van der Waals surface area contributed by atoms with Crippen molar-refractivity contribution in [3.63, 3.8) is 0 Å². The number of methoxy groups -OCH3 is 1. The van der Waals surface area contributed by atoms with Crippen LogP contribution in [0.2, 0.25) is 0 Å². The van der Waals surface area contributed by atoms with Gasteiger partial charge in [0, 0.05) is 5.33 Å². The van der Waals surface area contributed by atoms with Crippen molar-refractivity contribution in [2.75, 3.05) is 7.11 Å². The van der Waals surface area contributed by atoms with Gasteiger partial charge in [-0.15, -0.1) is 0 Å². The zero-order valence-corrected chi connectivity index (χ0v) is 10.4. The molecule has 1 aromatic carbocycles. The highest BCUT2D eigenvalue weighted by Crippen LogP contribution is 2.21. The fourth-order valence-corrected chi connectivity index (χ4v) is 2.09. The minimum atomic E-state index is -0.254. The van der Waals surface area contributed by atoms with Crippen LogP contribution in [0.15, 0.2) is 18.5 Å². The number of hydrogen-bond donors (Lipinski definition) is 1. The number of carbonyl (C=O) groups is 1. The van der Waals surface area contributed by atoms with Crippen molar-refractivity contribution in [2.24, 2.45) is 0 Å². The molecule has 2 rings (SSSR count). The van der Waals surface area contributed by atoms with Crippen molar-refractivity contribution < 1.29 is 9.53 Å². The minimum absolute atomic E-state index is 0.250. The van der Waals surface area contributed by atoms with Crippen molar-refractivity contribution in [3.05, 3.63) is 29.6 Å². The average Bonchev–Trinajstić information content (AvgIpc) is 2.78. The number of benzene rings is 1. The van der Waals surface area contributed by atoms with Gasteiger partial charge < -0.3 is 9.72 Å². The minimum Gasteiger partial charge on any atom is -0.469 e. The van der Waals surface area contributed by atoms with Crippen LogP contribution in [0.4, 0.5) is 0 Å². The SMILES string of the molecule is COC(=O)Cc1ccc(CBr)c2[nH]cnc12. The number of aromatic amines is 1. The van der Waals surface area contributed by atoms with Gasteiger partial charge in [-0.1, -0.05) is 28.1 Å². The van der Waals surface area contributed by atoms with Gasteiger partial charge in [-0.3, -0.25) is 4.79 Å². The molecule has 0 atom stereocenters. The average molecular weight is 283 g/mol. The number of alkyl halides is 1. The van der Waals surface area contributed by atoms with E-state index in [1.807, 2.05) is 12.1 Å². The van der Waals surface area contributed by atoms with E-state index in [4.69, 9.17) is 0 Å². The van der Waals surface area contributed by atoms with Crippen molar-refractivity contribution in [2.45, 2.75) is 11.8 Å². The zero-order valence-electron chi connectivity index (χ0n) is 8.79. The normalized spacial score (nSPS) is 10.6. The lowest BCUT2D eigenvalue weighted by Crippen LogP contribution is -2.05. The number of aromatic nitrogens is 2. The van der Waals surface area contributed by atoms with Crippen LogP contribution in [0.25, 0.3) is 11.0 Å². The summed E-state index contributed by atoms with van der Waals surface area (Å²) in [5.41, 5.74) is 3.81. The first-order valence-electron chi connectivity index (χ1n) is 4.83. The Labute approximate surface area is 101 Å². The van der Waals surface area contributed by atoms with E-state index >= 15 is 0 Å². The third-order valence-corrected chi connectivity index (χ3v) is 3.06. The molecule has 0 unspecified atom stereocenters. The molecule has 4 nitrogen and oxygen atoms in total. The van der Waals surface area contributed by atoms with Crippen molar-refractivity contribution in [1.29, 1.82) is 0 Å². The molecule has 16 heavy (non-hydrogen) atoms. The Bertz CT molecular complexity index is 522. The molecular weight excluding hydrogens is 272 g/mol. The molecule has 0 spiro atoms. The van der Waals surface area contributed by atoms with E-state index in [1.165, 1.54) is 7.11 Å². The van der Waals surface area contributed by atoms with Crippen LogP contribution >= 0.6 is 15.9 Å². The Balaban J connectivity index is 2.47. The van der Waals surface area contributed by atoms with Crippen molar-refractivity contribution in [1.82, 2.24) is 9.97 Å². The molecule has 0 amide bonds. The van der Waals surface area contributed by atoms with Crippen molar-refractivity contribution >= 4 is 32.9 Å². The predicted molar refractivity (Wildman–Crippen MR) is 64.4 cm³/mol. The first-order valence-corrected chi connectivity index (χ1v) is 5.95. The van der Waals surface area contributed by atoms with E-state index in [1.54, 1.807) is 6.33 Å². The van der Waals surface area contributed by atoms with Crippen LogP contribution in [0, 0.1) is 0 Å². The summed E-state index contributed by atoms with van der Waals surface area (Å²) >= 11 is 3.41. The summed E-state index contributed by atoms with van der Waals surface area (Å²) in [4.78, 5) is 18.5. The Morgan fingerprint density at radius 2 is 2.25 bits per heavy atom. The van der Waals surface area contributed by atoms with Crippen LogP contribution in [0.5, 0.6) is 0 Å². The summed E-state index contributed by atoms with van der Waals surface area (Å²) in [6.07, 6.45) is 1.89. The first-order chi connectivity index (χ1) is 7.76. The number of ether oxygens (including phenoxy) is 1. The highest BCUT2D eigenvalue weighted by Gasteiger charge is 2.11. The van der Waals surface area contributed by atoms with E-state index in [2.05, 4.69) is 30.6 Å². The fraction of sp³-hybridized carbons (Fsp3) is 0.273. The van der Waals surface area contributed by atoms with Gasteiger partial charge in [-0.05, 0) is 11.1 Å². The van der Waals surface area contributed by atoms with Gasteiger partial charge in [0.2, 0.25) is 0 Å². The lowest BCUT2D eigenvalue weighted by molar-refractivity contribution is -0.139. The summed E-state index contributed by atoms with van der Waals surface area (Å²) in [6.45, 7) is 0. The second-order valence-electron chi connectivity index (χ2n) is 3.40. The Morgan fingerprint density at radius 1 is 1.50 bits per heavy atom. The maximum absolute atomic E-state index is 11.2. The smallest absolute Gasteiger partial charge is 0.310 e. The molecule has 0 saturated heterocycles. The Hall–Kier alpha value is -1.36. The van der Waals surface area contributed by atoms with E-state index in [0.29, 0.717) is 0 Å². The molecule has 0 radical (unpaired) electrons. The lowest BCUT2D eigenvalue weighted by Gasteiger charge is -2.04. The van der Waals surface area contributed by atoms with E-state index in [-0.39, 0.29) is 12.4 Å². The van der Waals surface area contributed by atoms with Gasteiger partial charge in [-0.25, -0.2) is 4.98 Å². The molecule has 0 aliphatic heterocycles. The van der Waals surface area contributed by atoms with E-state index in [0.717, 1.165) is 27.5 Å². The van der Waals surface area contributed by atoms with Crippen LogP contribution in [-0.4, -0.2) is 23.0 Å². The second-order valence-corrected chi connectivity index (χ2v) is 3.96. The molecule has 0 bridgehead atoms. The number of imidazole rings is 1. The zero-order chi connectivity index (χ0) is 11.5. The first kappa shape index (κ1) is 11.1. The number of rotatable bonds is 3. The summed E-state index contributed by atoms with van der Waals surface area (Å²) in [5.74, 6) is -0.254. The topological polar surface area (TPSA) is 55.0 Å². The van der Waals surface area contributed by atoms with Crippen LogP contribution in [0.1, 0.15) is 11.1 Å². The maximum Gasteiger partial charge on any atom is 0.310 e. The number of carbonyl (C=O) groups excluding carboxylic acids is 1. The molecule has 0 saturated carbocycles. The number of nitrogens with one attached hydrogen (secondary N) is 1. The summed E-state index contributed by atoms with van der Waals surface area (Å²) in [7, 11) is 1.39. The molecular formula is C11H11BrN2O2. The van der Waals surface area contributed by atoms with Gasteiger partial charge in [0.05, 0.1) is 30.9 Å². The van der Waals surface area contributed by atoms with E-state index < -0.39 is 0 Å². The third-order valence-electron chi connectivity index (χ3n) is 2.46. The van der Waals surface area contributed by atoms with Crippen LogP contribution in [-0.2, 0) is 21.3 Å². The molecule has 0 aliphatic rings. The largest absolute Gasteiger partial charge is 0.469 e. The van der Waals surface area contributed by atoms with Gasteiger partial charge in [-0.2, -0.15) is 0 Å². The molecule has 2 aromatic rings. The summed E-state index contributed by atoms with van der Waals surface area (Å²) < 4.78 is 4.65. The predicted octanol–water partition coefficient (Wildman–Crippen LogP) is 2.17. The van der Waals surface area contributed by atoms with Crippen LogP contribution in [0.3, 0.4) is 0 Å². The Morgan fingerprint density at radius 3 is 2.94 bits per heavy atom. The molecule has 5 heteroatoms. The second kappa shape index (κ2) is 4.65. The number of esters is 1. The Kier molecular flexibility index (Phi) is 3.24. The molecule has 0 aliphatic carbocycles. The number of fused-ring (bicyclic) bond motifs is 1. The van der Waals surface area contributed by atoms with Gasteiger partial charge in [0.25, 0.3) is 0 Å². The molecule has 0 fully saturated rings. The third kappa shape index (κ3) is 1.95. The number of nitrogens with zero attached hydrogens (tertiary/aromatic N) is 1. The molecule has 1 N–H and O–H groups in total. The lowest BCUT2D eigenvalue weighted by atomic mass is 10.1. The maximum atomic E-state index is 11.2. The highest BCUT2D eigenvalue weighted by atomic mass is 79.9. The highest BCUT2D eigenvalue weighted by molar-refractivity contribution is 9.08. The molecule has 1 heterocycles. The summed E-state index contributed by atoms with van der Waals surface area (Å²) in [6, 6.07) is 3.89. The van der Waals surface area contributed by atoms with Gasteiger partial charge >= 0.3 is 5.97 Å². The van der Waals surface area contributed by atoms with E-state index in [9.17, 15) is 4.79 Å².